The van der Waals surface area contributed by atoms with Gasteiger partial charge in [-0.25, -0.2) is 0 Å². The zero-order valence-corrected chi connectivity index (χ0v) is 11.3. The number of hydrogen-bond acceptors (Lipinski definition) is 2. The Kier molecular flexibility index (Phi) is 5.88. The topological polar surface area (TPSA) is 35.2 Å². The first-order valence-electron chi connectivity index (χ1n) is 6.66. The third kappa shape index (κ3) is 5.12. The van der Waals surface area contributed by atoms with Crippen molar-refractivity contribution in [3.63, 3.8) is 0 Å². The summed E-state index contributed by atoms with van der Waals surface area (Å²) < 4.78 is 5.86. The highest BCUT2D eigenvalue weighted by atomic mass is 16.5. The molecule has 0 fully saturated rings. The lowest BCUT2D eigenvalue weighted by Crippen LogP contribution is -2.12. The van der Waals surface area contributed by atoms with Gasteiger partial charge in [0.1, 0.15) is 5.75 Å². The number of rotatable bonds is 7. The Hall–Kier alpha value is -1.18. The molecule has 96 valence electrons. The van der Waals surface area contributed by atoms with Crippen molar-refractivity contribution in [1.82, 2.24) is 0 Å². The highest BCUT2D eigenvalue weighted by Crippen LogP contribution is 2.24. The standard InChI is InChI=1S/C15H25NO/c1-4-5-6-7-8-13(3)17-15-10-9-12(2)11-14(15)16/h9-11,13H,4-8,16H2,1-3H3. The van der Waals surface area contributed by atoms with E-state index in [0.717, 1.165) is 17.9 Å². The summed E-state index contributed by atoms with van der Waals surface area (Å²) in [4.78, 5) is 0. The van der Waals surface area contributed by atoms with Crippen molar-refractivity contribution in [2.45, 2.75) is 59.0 Å². The molecule has 0 amide bonds. The van der Waals surface area contributed by atoms with Gasteiger partial charge >= 0.3 is 0 Å². The van der Waals surface area contributed by atoms with E-state index in [0.29, 0.717) is 0 Å². The predicted molar refractivity (Wildman–Crippen MR) is 74.4 cm³/mol. The molecule has 0 bridgehead atoms. The summed E-state index contributed by atoms with van der Waals surface area (Å²) in [6.45, 7) is 6.38. The zero-order valence-electron chi connectivity index (χ0n) is 11.3. The molecule has 2 heteroatoms. The van der Waals surface area contributed by atoms with Crippen molar-refractivity contribution < 1.29 is 4.74 Å². The molecule has 0 heterocycles. The zero-order chi connectivity index (χ0) is 12.7. The minimum atomic E-state index is 0.247. The predicted octanol–water partition coefficient (Wildman–Crippen LogP) is 4.31. The Labute approximate surface area is 105 Å². The molecular weight excluding hydrogens is 210 g/mol. The van der Waals surface area contributed by atoms with Crippen molar-refractivity contribution in [3.05, 3.63) is 23.8 Å². The first-order valence-corrected chi connectivity index (χ1v) is 6.66. The van der Waals surface area contributed by atoms with Crippen molar-refractivity contribution in [2.75, 3.05) is 5.73 Å². The number of nitrogens with two attached hydrogens (primary N) is 1. The first kappa shape index (κ1) is 13.9. The Morgan fingerprint density at radius 1 is 1.24 bits per heavy atom. The van der Waals surface area contributed by atoms with E-state index < -0.39 is 0 Å². The lowest BCUT2D eigenvalue weighted by atomic mass is 10.1. The minimum Gasteiger partial charge on any atom is -0.489 e. The molecule has 1 aromatic carbocycles. The highest BCUT2D eigenvalue weighted by Gasteiger charge is 2.06. The maximum Gasteiger partial charge on any atom is 0.142 e. The number of nitrogen functional groups attached to an aromatic ring is 1. The first-order chi connectivity index (χ1) is 8.13. The Morgan fingerprint density at radius 2 is 2.00 bits per heavy atom. The summed E-state index contributed by atoms with van der Waals surface area (Å²) in [6, 6.07) is 5.96. The third-order valence-corrected chi connectivity index (χ3v) is 2.96. The van der Waals surface area contributed by atoms with Gasteiger partial charge in [-0.1, -0.05) is 32.3 Å². The van der Waals surface area contributed by atoms with Crippen LogP contribution in [0.5, 0.6) is 5.75 Å². The molecule has 0 spiro atoms. The summed E-state index contributed by atoms with van der Waals surface area (Å²) in [5.74, 6) is 0.818. The summed E-state index contributed by atoms with van der Waals surface area (Å²) in [6.07, 6.45) is 6.48. The normalized spacial score (nSPS) is 12.4. The molecule has 1 atom stereocenters. The Morgan fingerprint density at radius 3 is 2.65 bits per heavy atom. The number of unbranched alkanes of at least 4 members (excludes halogenated alkanes) is 3. The smallest absolute Gasteiger partial charge is 0.142 e. The second-order valence-corrected chi connectivity index (χ2v) is 4.82. The van der Waals surface area contributed by atoms with Gasteiger partial charge in [0, 0.05) is 0 Å². The molecule has 0 aliphatic heterocycles. The Bertz CT molecular complexity index is 336. The van der Waals surface area contributed by atoms with Crippen molar-refractivity contribution in [1.29, 1.82) is 0 Å². The van der Waals surface area contributed by atoms with Crippen molar-refractivity contribution >= 4 is 5.69 Å². The van der Waals surface area contributed by atoms with E-state index in [1.54, 1.807) is 0 Å². The number of aryl methyl sites for hydroxylation is 1. The van der Waals surface area contributed by atoms with Crippen molar-refractivity contribution in [2.24, 2.45) is 0 Å². The second kappa shape index (κ2) is 7.21. The molecule has 2 N–H and O–H groups in total. The van der Waals surface area contributed by atoms with E-state index >= 15 is 0 Å². The molecule has 0 radical (unpaired) electrons. The summed E-state index contributed by atoms with van der Waals surface area (Å²) >= 11 is 0. The fourth-order valence-electron chi connectivity index (χ4n) is 1.91. The molecule has 0 saturated carbocycles. The monoisotopic (exact) mass is 235 g/mol. The van der Waals surface area contributed by atoms with Crippen LogP contribution in [0.2, 0.25) is 0 Å². The molecule has 1 rings (SSSR count). The van der Waals surface area contributed by atoms with Gasteiger partial charge in [0.2, 0.25) is 0 Å². The van der Waals surface area contributed by atoms with Crippen LogP contribution in [-0.4, -0.2) is 6.10 Å². The van der Waals surface area contributed by atoms with E-state index in [1.807, 2.05) is 25.1 Å². The van der Waals surface area contributed by atoms with Crippen LogP contribution in [-0.2, 0) is 0 Å². The highest BCUT2D eigenvalue weighted by molar-refractivity contribution is 5.54. The summed E-state index contributed by atoms with van der Waals surface area (Å²) in [7, 11) is 0. The maximum absolute atomic E-state index is 5.92. The average molecular weight is 235 g/mol. The third-order valence-electron chi connectivity index (χ3n) is 2.96. The van der Waals surface area contributed by atoms with Gasteiger partial charge in [-0.05, 0) is 44.4 Å². The lowest BCUT2D eigenvalue weighted by molar-refractivity contribution is 0.207. The second-order valence-electron chi connectivity index (χ2n) is 4.82. The van der Waals surface area contributed by atoms with Crippen LogP contribution in [0.3, 0.4) is 0 Å². The van der Waals surface area contributed by atoms with Gasteiger partial charge in [0.15, 0.2) is 0 Å². The van der Waals surface area contributed by atoms with Crippen LogP contribution in [0, 0.1) is 6.92 Å². The fourth-order valence-corrected chi connectivity index (χ4v) is 1.91. The van der Waals surface area contributed by atoms with Gasteiger partial charge in [-0.2, -0.15) is 0 Å². The van der Waals surface area contributed by atoms with Crippen LogP contribution in [0.25, 0.3) is 0 Å². The van der Waals surface area contributed by atoms with Crippen LogP contribution in [0.15, 0.2) is 18.2 Å². The van der Waals surface area contributed by atoms with Gasteiger partial charge in [0.05, 0.1) is 11.8 Å². The molecular formula is C15H25NO. The van der Waals surface area contributed by atoms with Gasteiger partial charge in [-0.3, -0.25) is 0 Å². The summed E-state index contributed by atoms with van der Waals surface area (Å²) in [5.41, 5.74) is 7.83. The lowest BCUT2D eigenvalue weighted by Gasteiger charge is -2.16. The van der Waals surface area contributed by atoms with E-state index in [9.17, 15) is 0 Å². The van der Waals surface area contributed by atoms with Crippen LogP contribution < -0.4 is 10.5 Å². The molecule has 17 heavy (non-hydrogen) atoms. The quantitative estimate of drug-likeness (QED) is 0.564. The van der Waals surface area contributed by atoms with Crippen LogP contribution in [0.1, 0.15) is 51.5 Å². The van der Waals surface area contributed by atoms with Gasteiger partial charge < -0.3 is 10.5 Å². The van der Waals surface area contributed by atoms with Crippen LogP contribution >= 0.6 is 0 Å². The maximum atomic E-state index is 5.92. The molecule has 0 aliphatic carbocycles. The largest absolute Gasteiger partial charge is 0.489 e. The van der Waals surface area contributed by atoms with Crippen LogP contribution in [0.4, 0.5) is 5.69 Å². The number of ether oxygens (including phenoxy) is 1. The van der Waals surface area contributed by atoms with Gasteiger partial charge in [0.25, 0.3) is 0 Å². The summed E-state index contributed by atoms with van der Waals surface area (Å²) in [5, 5.41) is 0. The molecule has 1 unspecified atom stereocenters. The SMILES string of the molecule is CCCCCCC(C)Oc1ccc(C)cc1N. The molecule has 0 saturated heterocycles. The number of benzene rings is 1. The Balaban J connectivity index is 2.37. The molecule has 0 aliphatic rings. The van der Waals surface area contributed by atoms with E-state index in [1.165, 1.54) is 31.2 Å². The van der Waals surface area contributed by atoms with Gasteiger partial charge in [-0.15, -0.1) is 0 Å². The molecule has 2 nitrogen and oxygen atoms in total. The number of anilines is 1. The minimum absolute atomic E-state index is 0.247. The van der Waals surface area contributed by atoms with E-state index in [2.05, 4.69) is 13.8 Å². The molecule has 0 aromatic heterocycles. The number of hydrogen-bond donors (Lipinski definition) is 1. The van der Waals surface area contributed by atoms with E-state index in [-0.39, 0.29) is 6.10 Å². The molecule has 1 aromatic rings. The van der Waals surface area contributed by atoms with E-state index in [4.69, 9.17) is 10.5 Å². The fraction of sp³-hybridized carbons (Fsp3) is 0.600. The average Bonchev–Trinajstić information content (AvgIpc) is 2.28. The van der Waals surface area contributed by atoms with Crippen molar-refractivity contribution in [3.8, 4) is 5.75 Å².